The van der Waals surface area contributed by atoms with Crippen LogP contribution in [0.4, 0.5) is 5.82 Å². The molecule has 0 amide bonds. The molecule has 0 bridgehead atoms. The van der Waals surface area contributed by atoms with Gasteiger partial charge in [-0.25, -0.2) is 0 Å². The number of hydrogen-bond acceptors (Lipinski definition) is 4. The second-order valence-corrected chi connectivity index (χ2v) is 5.72. The first-order valence-electron chi connectivity index (χ1n) is 7.63. The third kappa shape index (κ3) is 2.34. The summed E-state index contributed by atoms with van der Waals surface area (Å²) < 4.78 is 5.19. The van der Waals surface area contributed by atoms with Gasteiger partial charge in [0.1, 0.15) is 11.6 Å². The topological polar surface area (TPSA) is 58.2 Å². The first-order valence-corrected chi connectivity index (χ1v) is 7.63. The number of nitrogens with one attached hydrogen (secondary N) is 1. The van der Waals surface area contributed by atoms with Crippen LogP contribution >= 0.6 is 0 Å². The molecule has 0 atom stereocenters. The molecular weight excluding hydrogens is 290 g/mol. The number of aromatic amines is 1. The fourth-order valence-electron chi connectivity index (χ4n) is 3.14. The summed E-state index contributed by atoms with van der Waals surface area (Å²) in [5, 5.41) is 0.713. The van der Waals surface area contributed by atoms with E-state index in [0.717, 1.165) is 42.2 Å². The van der Waals surface area contributed by atoms with Gasteiger partial charge in [-0.2, -0.15) is 0 Å². The number of methoxy groups -OCH3 is 1. The molecule has 5 nitrogen and oxygen atoms in total. The first kappa shape index (κ1) is 13.8. The number of pyridine rings is 2. The van der Waals surface area contributed by atoms with Crippen LogP contribution in [0.5, 0.6) is 5.75 Å². The summed E-state index contributed by atoms with van der Waals surface area (Å²) in [4.78, 5) is 22.3. The molecule has 1 aliphatic rings. The first-order chi connectivity index (χ1) is 11.3. The molecule has 1 N–H and O–H groups in total. The van der Waals surface area contributed by atoms with E-state index in [9.17, 15) is 4.79 Å². The fraction of sp³-hybridized carbons (Fsp3) is 0.222. The van der Waals surface area contributed by atoms with Gasteiger partial charge in [0.25, 0.3) is 0 Å². The van der Waals surface area contributed by atoms with Crippen LogP contribution in [0.1, 0.15) is 11.1 Å². The number of H-pyrrole nitrogens is 1. The zero-order chi connectivity index (χ0) is 15.8. The highest BCUT2D eigenvalue weighted by molar-refractivity contribution is 5.81. The van der Waals surface area contributed by atoms with E-state index in [0.29, 0.717) is 5.39 Å². The highest BCUT2D eigenvalue weighted by Crippen LogP contribution is 2.27. The normalized spacial score (nSPS) is 13.3. The molecule has 3 aromatic rings. The number of ether oxygens (including phenoxy) is 1. The van der Waals surface area contributed by atoms with Gasteiger partial charge in [0.2, 0.25) is 0 Å². The third-order valence-electron chi connectivity index (χ3n) is 4.36. The van der Waals surface area contributed by atoms with Crippen molar-refractivity contribution in [3.63, 3.8) is 0 Å². The Morgan fingerprint density at radius 3 is 2.87 bits per heavy atom. The molecule has 0 unspecified atom stereocenters. The van der Waals surface area contributed by atoms with E-state index in [-0.39, 0.29) is 5.43 Å². The van der Waals surface area contributed by atoms with E-state index >= 15 is 0 Å². The molecule has 0 fully saturated rings. The zero-order valence-electron chi connectivity index (χ0n) is 12.9. The minimum Gasteiger partial charge on any atom is -0.497 e. The lowest BCUT2D eigenvalue weighted by Gasteiger charge is -2.19. The molecule has 0 saturated carbocycles. The van der Waals surface area contributed by atoms with E-state index in [1.807, 2.05) is 12.1 Å². The lowest BCUT2D eigenvalue weighted by Crippen LogP contribution is -2.21. The van der Waals surface area contributed by atoms with Gasteiger partial charge < -0.3 is 14.6 Å². The lowest BCUT2D eigenvalue weighted by molar-refractivity contribution is 0.414. The van der Waals surface area contributed by atoms with Gasteiger partial charge in [-0.1, -0.05) is 12.1 Å². The Hall–Kier alpha value is -2.82. The maximum atomic E-state index is 12.6. The SMILES string of the molecule is COc1ccc(CN2CCc3c2[nH]c2cnccc2c3=O)cc1. The Kier molecular flexibility index (Phi) is 3.26. The highest BCUT2D eigenvalue weighted by atomic mass is 16.5. The summed E-state index contributed by atoms with van der Waals surface area (Å²) in [5.41, 5.74) is 2.97. The second kappa shape index (κ2) is 5.43. The van der Waals surface area contributed by atoms with Crippen LogP contribution in [0.3, 0.4) is 0 Å². The molecule has 0 radical (unpaired) electrons. The van der Waals surface area contributed by atoms with Crippen LogP contribution in [-0.2, 0) is 13.0 Å². The Balaban J connectivity index is 1.70. The summed E-state index contributed by atoms with van der Waals surface area (Å²) in [7, 11) is 1.66. The number of aromatic nitrogens is 2. The summed E-state index contributed by atoms with van der Waals surface area (Å²) in [6, 6.07) is 9.80. The van der Waals surface area contributed by atoms with E-state index in [4.69, 9.17) is 4.74 Å². The van der Waals surface area contributed by atoms with Gasteiger partial charge in [0, 0.05) is 30.2 Å². The standard InChI is InChI=1S/C18H17N3O2/c1-23-13-4-2-12(3-5-13)11-21-9-7-15-17(22)14-6-8-19-10-16(14)20-18(15)21/h2-6,8,10H,7,9,11H2,1H3,(H,20,22). The summed E-state index contributed by atoms with van der Waals surface area (Å²) in [5.74, 6) is 1.77. The Labute approximate surface area is 133 Å². The Morgan fingerprint density at radius 1 is 1.26 bits per heavy atom. The molecular formula is C18H17N3O2. The molecule has 4 rings (SSSR count). The van der Waals surface area contributed by atoms with E-state index < -0.39 is 0 Å². The van der Waals surface area contributed by atoms with Crippen LogP contribution in [0, 0.1) is 0 Å². The predicted octanol–water partition coefficient (Wildman–Crippen LogP) is 2.49. The zero-order valence-corrected chi connectivity index (χ0v) is 12.9. The maximum Gasteiger partial charge on any atom is 0.194 e. The smallest absolute Gasteiger partial charge is 0.194 e. The summed E-state index contributed by atoms with van der Waals surface area (Å²) in [6.45, 7) is 1.61. The molecule has 0 spiro atoms. The average molecular weight is 307 g/mol. The van der Waals surface area contributed by atoms with Crippen molar-refractivity contribution in [1.29, 1.82) is 0 Å². The molecule has 1 aliphatic heterocycles. The van der Waals surface area contributed by atoms with Crippen molar-refractivity contribution in [2.45, 2.75) is 13.0 Å². The molecule has 5 heteroatoms. The highest BCUT2D eigenvalue weighted by Gasteiger charge is 2.23. The molecule has 23 heavy (non-hydrogen) atoms. The number of nitrogens with zero attached hydrogens (tertiary/aromatic N) is 2. The number of hydrogen-bond donors (Lipinski definition) is 1. The van der Waals surface area contributed by atoms with Crippen LogP contribution in [0.15, 0.2) is 47.5 Å². The molecule has 0 aliphatic carbocycles. The summed E-state index contributed by atoms with van der Waals surface area (Å²) in [6.07, 6.45) is 4.15. The van der Waals surface area contributed by atoms with Crippen molar-refractivity contribution in [2.75, 3.05) is 18.6 Å². The number of anilines is 1. The van der Waals surface area contributed by atoms with Crippen LogP contribution in [0.25, 0.3) is 10.9 Å². The maximum absolute atomic E-state index is 12.6. The summed E-state index contributed by atoms with van der Waals surface area (Å²) >= 11 is 0. The lowest BCUT2D eigenvalue weighted by atomic mass is 10.1. The van der Waals surface area contributed by atoms with Crippen molar-refractivity contribution in [1.82, 2.24) is 9.97 Å². The Bertz CT molecular complexity index is 916. The van der Waals surface area contributed by atoms with Crippen LogP contribution in [0.2, 0.25) is 0 Å². The molecule has 3 heterocycles. The van der Waals surface area contributed by atoms with Gasteiger partial charge in [-0.3, -0.25) is 9.78 Å². The largest absolute Gasteiger partial charge is 0.497 e. The molecule has 116 valence electrons. The van der Waals surface area contributed by atoms with Crippen molar-refractivity contribution in [2.24, 2.45) is 0 Å². The van der Waals surface area contributed by atoms with E-state index in [1.165, 1.54) is 5.56 Å². The average Bonchev–Trinajstić information content (AvgIpc) is 2.99. The molecule has 0 saturated heterocycles. The van der Waals surface area contributed by atoms with Crippen molar-refractivity contribution in [3.8, 4) is 5.75 Å². The van der Waals surface area contributed by atoms with Crippen LogP contribution in [-0.4, -0.2) is 23.6 Å². The van der Waals surface area contributed by atoms with Crippen molar-refractivity contribution < 1.29 is 4.74 Å². The third-order valence-corrected chi connectivity index (χ3v) is 4.36. The number of fused-ring (bicyclic) bond motifs is 2. The van der Waals surface area contributed by atoms with E-state index in [2.05, 4.69) is 27.0 Å². The number of benzene rings is 1. The van der Waals surface area contributed by atoms with Gasteiger partial charge >= 0.3 is 0 Å². The van der Waals surface area contributed by atoms with Gasteiger partial charge in [0.15, 0.2) is 5.43 Å². The van der Waals surface area contributed by atoms with Gasteiger partial charge in [-0.15, -0.1) is 0 Å². The second-order valence-electron chi connectivity index (χ2n) is 5.72. The van der Waals surface area contributed by atoms with Crippen molar-refractivity contribution >= 4 is 16.7 Å². The Morgan fingerprint density at radius 2 is 2.09 bits per heavy atom. The van der Waals surface area contributed by atoms with E-state index in [1.54, 1.807) is 25.6 Å². The predicted molar refractivity (Wildman–Crippen MR) is 90.1 cm³/mol. The minimum atomic E-state index is 0.119. The van der Waals surface area contributed by atoms with Crippen molar-refractivity contribution in [3.05, 3.63) is 64.1 Å². The van der Waals surface area contributed by atoms with Crippen LogP contribution < -0.4 is 15.1 Å². The quantitative estimate of drug-likeness (QED) is 0.807. The van der Waals surface area contributed by atoms with Gasteiger partial charge in [0.05, 0.1) is 18.8 Å². The number of rotatable bonds is 3. The fourth-order valence-corrected chi connectivity index (χ4v) is 3.14. The molecule has 1 aromatic carbocycles. The monoisotopic (exact) mass is 307 g/mol. The minimum absolute atomic E-state index is 0.119. The molecule has 2 aromatic heterocycles. The van der Waals surface area contributed by atoms with Gasteiger partial charge in [-0.05, 0) is 30.2 Å².